The number of carbonyl (C=O) groups excluding carboxylic acids is 1. The molecule has 0 amide bonds. The van der Waals surface area contributed by atoms with Gasteiger partial charge in [-0.3, -0.25) is 9.00 Å². The minimum absolute atomic E-state index is 0.144. The largest absolute Gasteiger partial charge is 0.299 e. The van der Waals surface area contributed by atoms with E-state index in [9.17, 15) is 9.00 Å². The molecule has 14 heavy (non-hydrogen) atoms. The highest BCUT2D eigenvalue weighted by Crippen LogP contribution is 2.39. The van der Waals surface area contributed by atoms with Crippen LogP contribution >= 0.6 is 0 Å². The van der Waals surface area contributed by atoms with E-state index in [4.69, 9.17) is 0 Å². The predicted molar refractivity (Wildman–Crippen MR) is 57.5 cm³/mol. The minimum atomic E-state index is -0.621. The molecule has 2 aliphatic heterocycles. The van der Waals surface area contributed by atoms with Crippen molar-refractivity contribution in [1.29, 1.82) is 0 Å². The van der Waals surface area contributed by atoms with E-state index in [2.05, 4.69) is 0 Å². The van der Waals surface area contributed by atoms with Crippen molar-refractivity contribution in [2.24, 2.45) is 11.8 Å². The first kappa shape index (κ1) is 10.3. The highest BCUT2D eigenvalue weighted by Gasteiger charge is 2.42. The quantitative estimate of drug-likeness (QED) is 0.703. The summed E-state index contributed by atoms with van der Waals surface area (Å²) in [5.41, 5.74) is 0. The van der Waals surface area contributed by atoms with Crippen LogP contribution in [-0.4, -0.2) is 20.5 Å². The molecular formula is C11H18O2S. The van der Waals surface area contributed by atoms with Gasteiger partial charge in [-0.05, 0) is 25.7 Å². The first-order valence-electron chi connectivity index (χ1n) is 5.52. The van der Waals surface area contributed by atoms with E-state index in [1.165, 1.54) is 0 Å². The normalized spacial score (nSPS) is 41.6. The summed E-state index contributed by atoms with van der Waals surface area (Å²) in [6, 6.07) is 0. The van der Waals surface area contributed by atoms with Crippen LogP contribution in [0.3, 0.4) is 0 Å². The summed E-state index contributed by atoms with van der Waals surface area (Å²) in [7, 11) is -0.621. The summed E-state index contributed by atoms with van der Waals surface area (Å²) in [6.07, 6.45) is 3.94. The monoisotopic (exact) mass is 214 g/mol. The molecule has 0 saturated carbocycles. The second-order valence-corrected chi connectivity index (χ2v) is 6.87. The maximum Gasteiger partial charge on any atom is 0.138 e. The van der Waals surface area contributed by atoms with Gasteiger partial charge in [-0.15, -0.1) is 0 Å². The number of hydrogen-bond donors (Lipinski definition) is 0. The molecule has 2 unspecified atom stereocenters. The Morgan fingerprint density at radius 1 is 1.21 bits per heavy atom. The van der Waals surface area contributed by atoms with Crippen LogP contribution in [0.15, 0.2) is 0 Å². The Kier molecular flexibility index (Phi) is 2.78. The van der Waals surface area contributed by atoms with Gasteiger partial charge in [0.2, 0.25) is 0 Å². The zero-order valence-electron chi connectivity index (χ0n) is 8.86. The molecule has 2 bridgehead atoms. The van der Waals surface area contributed by atoms with Crippen molar-refractivity contribution in [1.82, 2.24) is 0 Å². The van der Waals surface area contributed by atoms with Crippen LogP contribution in [0.4, 0.5) is 0 Å². The third-order valence-corrected chi connectivity index (χ3v) is 5.70. The molecule has 2 heterocycles. The molecule has 0 spiro atoms. The molecule has 0 aliphatic carbocycles. The van der Waals surface area contributed by atoms with Gasteiger partial charge in [-0.2, -0.15) is 0 Å². The summed E-state index contributed by atoms with van der Waals surface area (Å²) >= 11 is 0. The number of hydrogen-bond acceptors (Lipinski definition) is 2. The predicted octanol–water partition coefficient (Wildman–Crippen LogP) is 1.90. The van der Waals surface area contributed by atoms with Crippen molar-refractivity contribution in [3.63, 3.8) is 0 Å². The lowest BCUT2D eigenvalue weighted by Crippen LogP contribution is -2.33. The highest BCUT2D eigenvalue weighted by atomic mass is 32.2. The van der Waals surface area contributed by atoms with Gasteiger partial charge in [0.1, 0.15) is 5.78 Å². The van der Waals surface area contributed by atoms with Crippen LogP contribution in [0, 0.1) is 11.8 Å². The molecular weight excluding hydrogens is 196 g/mol. The van der Waals surface area contributed by atoms with Crippen molar-refractivity contribution in [2.75, 3.05) is 0 Å². The van der Waals surface area contributed by atoms with Gasteiger partial charge < -0.3 is 0 Å². The fourth-order valence-corrected chi connectivity index (χ4v) is 4.86. The highest BCUT2D eigenvalue weighted by molar-refractivity contribution is 7.86. The van der Waals surface area contributed by atoms with Gasteiger partial charge in [-0.25, -0.2) is 0 Å². The van der Waals surface area contributed by atoms with Crippen molar-refractivity contribution >= 4 is 16.6 Å². The number of Topliss-reactive ketones (excluding diaryl/α,β-unsaturated/α-hetero) is 1. The Labute approximate surface area is 87.9 Å². The number of ketones is 1. The Morgan fingerprint density at radius 2 is 1.71 bits per heavy atom. The Bertz CT molecular complexity index is 256. The second-order valence-electron chi connectivity index (χ2n) is 4.88. The van der Waals surface area contributed by atoms with Gasteiger partial charge in [0.05, 0.1) is 0 Å². The average Bonchev–Trinajstić information content (AvgIpc) is 2.42. The van der Waals surface area contributed by atoms with Gasteiger partial charge >= 0.3 is 0 Å². The van der Waals surface area contributed by atoms with E-state index in [-0.39, 0.29) is 11.8 Å². The van der Waals surface area contributed by atoms with Crippen LogP contribution in [0.25, 0.3) is 0 Å². The van der Waals surface area contributed by atoms with Crippen LogP contribution < -0.4 is 0 Å². The summed E-state index contributed by atoms with van der Waals surface area (Å²) in [4.78, 5) is 11.8. The Balaban J connectivity index is 2.06. The van der Waals surface area contributed by atoms with E-state index in [0.29, 0.717) is 16.3 Å². The number of rotatable bonds is 2. The maximum atomic E-state index is 11.8. The number of carbonyl (C=O) groups is 1. The van der Waals surface area contributed by atoms with Gasteiger partial charge in [0.25, 0.3) is 0 Å². The van der Waals surface area contributed by atoms with Crippen molar-refractivity contribution in [3.05, 3.63) is 0 Å². The fourth-order valence-electron chi connectivity index (χ4n) is 2.74. The molecule has 2 nitrogen and oxygen atoms in total. The molecule has 2 rings (SSSR count). The van der Waals surface area contributed by atoms with E-state index < -0.39 is 10.8 Å². The second kappa shape index (κ2) is 3.76. The van der Waals surface area contributed by atoms with Gasteiger partial charge in [0, 0.05) is 33.1 Å². The first-order chi connectivity index (χ1) is 6.59. The van der Waals surface area contributed by atoms with E-state index in [1.807, 2.05) is 13.8 Å². The lowest BCUT2D eigenvalue weighted by Gasteiger charge is -2.27. The molecule has 2 saturated heterocycles. The first-order valence-corrected chi connectivity index (χ1v) is 6.80. The molecule has 0 aromatic heterocycles. The van der Waals surface area contributed by atoms with Crippen LogP contribution in [0.2, 0.25) is 0 Å². The van der Waals surface area contributed by atoms with E-state index >= 15 is 0 Å². The molecule has 2 atom stereocenters. The zero-order chi connectivity index (χ0) is 10.3. The lowest BCUT2D eigenvalue weighted by atomic mass is 9.89. The Morgan fingerprint density at radius 3 is 2.14 bits per heavy atom. The van der Waals surface area contributed by atoms with E-state index in [1.54, 1.807) is 0 Å². The summed E-state index contributed by atoms with van der Waals surface area (Å²) in [6.45, 7) is 3.94. The molecule has 0 aromatic rings. The summed E-state index contributed by atoms with van der Waals surface area (Å²) in [5.74, 6) is 0.745. The van der Waals surface area contributed by atoms with Gasteiger partial charge in [0.15, 0.2) is 0 Å². The molecule has 0 aromatic carbocycles. The van der Waals surface area contributed by atoms with E-state index in [0.717, 1.165) is 25.7 Å². The molecule has 2 fully saturated rings. The molecule has 2 aliphatic rings. The SMILES string of the molecule is CC(C)C(=O)C1CC2CCC(C1)S2=O. The maximum absolute atomic E-state index is 11.8. The Hall–Kier alpha value is -0.180. The van der Waals surface area contributed by atoms with Crippen molar-refractivity contribution < 1.29 is 9.00 Å². The lowest BCUT2D eigenvalue weighted by molar-refractivity contribution is -0.126. The van der Waals surface area contributed by atoms with Crippen molar-refractivity contribution in [3.8, 4) is 0 Å². The summed E-state index contributed by atoms with van der Waals surface area (Å²) in [5, 5.41) is 0.669. The molecule has 3 heteroatoms. The van der Waals surface area contributed by atoms with Crippen LogP contribution in [0.1, 0.15) is 39.5 Å². The molecule has 0 radical (unpaired) electrons. The zero-order valence-corrected chi connectivity index (χ0v) is 9.68. The van der Waals surface area contributed by atoms with Crippen LogP contribution in [0.5, 0.6) is 0 Å². The summed E-state index contributed by atoms with van der Waals surface area (Å²) < 4.78 is 11.7. The molecule has 80 valence electrons. The average molecular weight is 214 g/mol. The number of fused-ring (bicyclic) bond motifs is 2. The smallest absolute Gasteiger partial charge is 0.138 e. The molecule has 0 N–H and O–H groups in total. The third kappa shape index (κ3) is 1.67. The minimum Gasteiger partial charge on any atom is -0.299 e. The topological polar surface area (TPSA) is 34.1 Å². The van der Waals surface area contributed by atoms with Gasteiger partial charge in [-0.1, -0.05) is 13.8 Å². The third-order valence-electron chi connectivity index (χ3n) is 3.53. The standard InChI is InChI=1S/C11H18O2S/c1-7(2)11(12)8-5-9-3-4-10(6-8)14(9)13/h7-10H,3-6H2,1-2H3. The van der Waals surface area contributed by atoms with Crippen LogP contribution in [-0.2, 0) is 15.6 Å². The fraction of sp³-hybridized carbons (Fsp3) is 0.909. The van der Waals surface area contributed by atoms with Crippen molar-refractivity contribution in [2.45, 2.75) is 50.0 Å².